The van der Waals surface area contributed by atoms with Gasteiger partial charge in [0.05, 0.1) is 11.3 Å². The minimum atomic E-state index is -0.176. The summed E-state index contributed by atoms with van der Waals surface area (Å²) in [6.07, 6.45) is 3.04. The maximum absolute atomic E-state index is 12.0. The van der Waals surface area contributed by atoms with Gasteiger partial charge in [-0.15, -0.1) is 0 Å². The first kappa shape index (κ1) is 14.7. The van der Waals surface area contributed by atoms with Gasteiger partial charge in [0.25, 0.3) is 5.56 Å². The van der Waals surface area contributed by atoms with Crippen LogP contribution in [0.2, 0.25) is 0 Å². The summed E-state index contributed by atoms with van der Waals surface area (Å²) in [5.74, 6) is 0.630. The molecule has 0 amide bonds. The molecule has 0 saturated carbocycles. The summed E-state index contributed by atoms with van der Waals surface area (Å²) in [5.41, 5.74) is 2.93. The summed E-state index contributed by atoms with van der Waals surface area (Å²) in [5, 5.41) is 18.5. The van der Waals surface area contributed by atoms with Gasteiger partial charge in [-0.25, -0.2) is 10.1 Å². The second kappa shape index (κ2) is 6.66. The van der Waals surface area contributed by atoms with Crippen LogP contribution in [0, 0.1) is 11.3 Å². The fraction of sp³-hybridized carbons (Fsp3) is 0.333. The SMILES string of the molecule is CCc1n[nH]c(=O)c(CNc2ccc(C#N)cn2)c1CC. The lowest BCUT2D eigenvalue weighted by Crippen LogP contribution is -2.22. The number of nitriles is 1. The number of pyridine rings is 1. The third kappa shape index (κ3) is 3.26. The largest absolute Gasteiger partial charge is 0.366 e. The van der Waals surface area contributed by atoms with Crippen LogP contribution in [0.5, 0.6) is 0 Å². The van der Waals surface area contributed by atoms with Gasteiger partial charge in [-0.3, -0.25) is 4.79 Å². The Morgan fingerprint density at radius 2 is 2.10 bits per heavy atom. The number of H-pyrrole nitrogens is 1. The van der Waals surface area contributed by atoms with E-state index in [1.807, 2.05) is 19.9 Å². The maximum atomic E-state index is 12.0. The van der Waals surface area contributed by atoms with Crippen LogP contribution in [0.3, 0.4) is 0 Å². The number of nitrogens with one attached hydrogen (secondary N) is 2. The first-order valence-electron chi connectivity index (χ1n) is 6.88. The zero-order chi connectivity index (χ0) is 15.2. The summed E-state index contributed by atoms with van der Waals surface area (Å²) in [7, 11) is 0. The Balaban J connectivity index is 2.23. The van der Waals surface area contributed by atoms with Crippen molar-refractivity contribution < 1.29 is 0 Å². The zero-order valence-corrected chi connectivity index (χ0v) is 12.1. The van der Waals surface area contributed by atoms with Crippen molar-refractivity contribution in [2.45, 2.75) is 33.2 Å². The Labute approximate surface area is 122 Å². The van der Waals surface area contributed by atoms with E-state index in [-0.39, 0.29) is 5.56 Å². The predicted octanol–water partition coefficient (Wildman–Crippen LogP) is 1.77. The molecule has 108 valence electrons. The number of anilines is 1. The molecule has 0 aliphatic heterocycles. The lowest BCUT2D eigenvalue weighted by molar-refractivity contribution is 0.826. The van der Waals surface area contributed by atoms with Crippen LogP contribution < -0.4 is 10.9 Å². The average molecular weight is 283 g/mol. The molecule has 0 fully saturated rings. The van der Waals surface area contributed by atoms with Gasteiger partial charge in [-0.05, 0) is 30.5 Å². The van der Waals surface area contributed by atoms with Crippen LogP contribution in [0.25, 0.3) is 0 Å². The highest BCUT2D eigenvalue weighted by Crippen LogP contribution is 2.12. The summed E-state index contributed by atoms with van der Waals surface area (Å²) in [6.45, 7) is 4.41. The van der Waals surface area contributed by atoms with Crippen LogP contribution in [0.4, 0.5) is 5.82 Å². The second-order valence-corrected chi connectivity index (χ2v) is 4.56. The summed E-state index contributed by atoms with van der Waals surface area (Å²) in [4.78, 5) is 16.1. The van der Waals surface area contributed by atoms with Gasteiger partial charge in [0.2, 0.25) is 0 Å². The molecule has 0 radical (unpaired) electrons. The number of aryl methyl sites for hydroxylation is 1. The number of hydrogen-bond donors (Lipinski definition) is 2. The van der Waals surface area contributed by atoms with Crippen LogP contribution in [-0.2, 0) is 19.4 Å². The Hall–Kier alpha value is -2.68. The first-order chi connectivity index (χ1) is 10.2. The fourth-order valence-corrected chi connectivity index (χ4v) is 2.20. The minimum absolute atomic E-state index is 0.176. The molecule has 0 aliphatic rings. The van der Waals surface area contributed by atoms with Crippen molar-refractivity contribution >= 4 is 5.82 Å². The van der Waals surface area contributed by atoms with Crippen LogP contribution >= 0.6 is 0 Å². The molecule has 21 heavy (non-hydrogen) atoms. The van der Waals surface area contributed by atoms with Crippen LogP contribution in [-0.4, -0.2) is 15.2 Å². The Morgan fingerprint density at radius 3 is 2.67 bits per heavy atom. The van der Waals surface area contributed by atoms with E-state index in [1.165, 1.54) is 6.20 Å². The zero-order valence-electron chi connectivity index (χ0n) is 12.1. The summed E-state index contributed by atoms with van der Waals surface area (Å²) < 4.78 is 0. The molecular formula is C15H17N5O. The maximum Gasteiger partial charge on any atom is 0.269 e. The van der Waals surface area contributed by atoms with Gasteiger partial charge >= 0.3 is 0 Å². The lowest BCUT2D eigenvalue weighted by Gasteiger charge is -2.11. The molecule has 0 bridgehead atoms. The van der Waals surface area contributed by atoms with E-state index in [9.17, 15) is 4.79 Å². The molecule has 2 rings (SSSR count). The van der Waals surface area contributed by atoms with Crippen molar-refractivity contribution in [1.29, 1.82) is 5.26 Å². The average Bonchev–Trinajstić information content (AvgIpc) is 2.53. The monoisotopic (exact) mass is 283 g/mol. The second-order valence-electron chi connectivity index (χ2n) is 4.56. The van der Waals surface area contributed by atoms with Crippen molar-refractivity contribution in [3.8, 4) is 6.07 Å². The Kier molecular flexibility index (Phi) is 4.67. The third-order valence-corrected chi connectivity index (χ3v) is 3.31. The Morgan fingerprint density at radius 1 is 1.29 bits per heavy atom. The summed E-state index contributed by atoms with van der Waals surface area (Å²) in [6, 6.07) is 5.42. The molecule has 2 N–H and O–H groups in total. The molecule has 0 aliphatic carbocycles. The highest BCUT2D eigenvalue weighted by atomic mass is 16.1. The quantitative estimate of drug-likeness (QED) is 0.872. The van der Waals surface area contributed by atoms with Gasteiger partial charge in [-0.1, -0.05) is 13.8 Å². The van der Waals surface area contributed by atoms with Crippen LogP contribution in [0.1, 0.15) is 36.2 Å². The molecule has 6 nitrogen and oxygen atoms in total. The highest BCUT2D eigenvalue weighted by Gasteiger charge is 2.11. The number of nitrogens with zero attached hydrogens (tertiary/aromatic N) is 3. The minimum Gasteiger partial charge on any atom is -0.366 e. The molecule has 0 aromatic carbocycles. The van der Waals surface area contributed by atoms with E-state index < -0.39 is 0 Å². The van der Waals surface area contributed by atoms with Gasteiger partial charge in [0, 0.05) is 18.3 Å². The molecule has 0 saturated heterocycles. The van der Waals surface area contributed by atoms with Crippen LogP contribution in [0.15, 0.2) is 23.1 Å². The molecule has 0 unspecified atom stereocenters. The molecule has 0 spiro atoms. The summed E-state index contributed by atoms with van der Waals surface area (Å²) >= 11 is 0. The standard InChI is InChI=1S/C15H17N5O/c1-3-11-12(15(21)20-19-13(11)4-2)9-18-14-6-5-10(7-16)8-17-14/h5-6,8H,3-4,9H2,1-2H3,(H,17,18)(H,20,21). The van der Waals surface area contributed by atoms with E-state index in [1.54, 1.807) is 12.1 Å². The highest BCUT2D eigenvalue weighted by molar-refractivity contribution is 5.40. The van der Waals surface area contributed by atoms with Crippen molar-refractivity contribution in [1.82, 2.24) is 15.2 Å². The normalized spacial score (nSPS) is 10.1. The van der Waals surface area contributed by atoms with Crippen molar-refractivity contribution in [2.75, 3.05) is 5.32 Å². The predicted molar refractivity (Wildman–Crippen MR) is 79.9 cm³/mol. The fourth-order valence-electron chi connectivity index (χ4n) is 2.20. The van der Waals surface area contributed by atoms with E-state index in [4.69, 9.17) is 5.26 Å². The van der Waals surface area contributed by atoms with E-state index in [0.29, 0.717) is 23.5 Å². The molecule has 0 atom stereocenters. The number of rotatable bonds is 5. The number of hydrogen-bond acceptors (Lipinski definition) is 5. The first-order valence-corrected chi connectivity index (χ1v) is 6.88. The third-order valence-electron chi connectivity index (χ3n) is 3.31. The van der Waals surface area contributed by atoms with Gasteiger partial charge < -0.3 is 5.32 Å². The van der Waals surface area contributed by atoms with Crippen molar-refractivity contribution in [3.05, 3.63) is 51.1 Å². The van der Waals surface area contributed by atoms with E-state index in [0.717, 1.165) is 24.1 Å². The van der Waals surface area contributed by atoms with Gasteiger partial charge in [0.15, 0.2) is 0 Å². The van der Waals surface area contributed by atoms with Crippen molar-refractivity contribution in [3.63, 3.8) is 0 Å². The lowest BCUT2D eigenvalue weighted by atomic mass is 10.0. The molecular weight excluding hydrogens is 266 g/mol. The molecule has 2 aromatic heterocycles. The number of aromatic nitrogens is 3. The van der Waals surface area contributed by atoms with Gasteiger partial charge in [0.1, 0.15) is 11.9 Å². The molecule has 6 heteroatoms. The van der Waals surface area contributed by atoms with E-state index in [2.05, 4.69) is 20.5 Å². The topological polar surface area (TPSA) is 94.5 Å². The van der Waals surface area contributed by atoms with E-state index >= 15 is 0 Å². The molecule has 2 aromatic rings. The Bertz CT molecular complexity index is 712. The van der Waals surface area contributed by atoms with Gasteiger partial charge in [-0.2, -0.15) is 10.4 Å². The van der Waals surface area contributed by atoms with Crippen molar-refractivity contribution in [2.24, 2.45) is 0 Å². The number of aromatic amines is 1. The molecule has 2 heterocycles. The smallest absolute Gasteiger partial charge is 0.269 e.